The van der Waals surface area contributed by atoms with E-state index in [9.17, 15) is 19.2 Å². The van der Waals surface area contributed by atoms with Crippen LogP contribution in [0.25, 0.3) is 0 Å². The Hall–Kier alpha value is -2.70. The van der Waals surface area contributed by atoms with E-state index in [0.29, 0.717) is 17.7 Å². The van der Waals surface area contributed by atoms with Gasteiger partial charge in [-0.1, -0.05) is 40.0 Å². The lowest BCUT2D eigenvalue weighted by atomic mass is 9.88. The number of esters is 1. The van der Waals surface area contributed by atoms with Crippen molar-refractivity contribution in [1.29, 1.82) is 0 Å². The Kier molecular flexibility index (Phi) is 6.82. The summed E-state index contributed by atoms with van der Waals surface area (Å²) in [4.78, 5) is 54.0. The number of carbonyl (C=O) groups is 4. The predicted molar refractivity (Wildman–Crippen MR) is 116 cm³/mol. The summed E-state index contributed by atoms with van der Waals surface area (Å²) < 4.78 is 4.70. The minimum absolute atomic E-state index is 0.00741. The van der Waals surface area contributed by atoms with Gasteiger partial charge in [0.25, 0.3) is 5.91 Å². The number of hydrogen-bond acceptors (Lipinski definition) is 5. The predicted octanol–water partition coefficient (Wildman–Crippen LogP) is 3.70. The average molecular weight is 429 g/mol. The SMILES string of the molecule is COC(=O)c1ccc(N2C(=O)CC(N(C(=O)CC(C)(C)C)C3CCCCC3)C2=O)cc1. The molecule has 0 spiro atoms. The summed E-state index contributed by atoms with van der Waals surface area (Å²) in [6.07, 6.45) is 5.23. The minimum atomic E-state index is -0.772. The van der Waals surface area contributed by atoms with Crippen LogP contribution in [0.15, 0.2) is 24.3 Å². The first-order chi connectivity index (χ1) is 14.6. The van der Waals surface area contributed by atoms with E-state index in [-0.39, 0.29) is 35.6 Å². The van der Waals surface area contributed by atoms with Crippen LogP contribution < -0.4 is 4.90 Å². The van der Waals surface area contributed by atoms with Gasteiger partial charge >= 0.3 is 5.97 Å². The van der Waals surface area contributed by atoms with Crippen molar-refractivity contribution in [3.05, 3.63) is 29.8 Å². The van der Waals surface area contributed by atoms with E-state index in [1.54, 1.807) is 17.0 Å². The number of imide groups is 1. The molecule has 2 aliphatic rings. The summed E-state index contributed by atoms with van der Waals surface area (Å²) in [5.41, 5.74) is 0.530. The van der Waals surface area contributed by atoms with Gasteiger partial charge in [0.05, 0.1) is 24.8 Å². The number of amides is 3. The normalized spacial score (nSPS) is 20.1. The van der Waals surface area contributed by atoms with Gasteiger partial charge in [-0.2, -0.15) is 0 Å². The maximum absolute atomic E-state index is 13.4. The van der Waals surface area contributed by atoms with E-state index < -0.39 is 12.0 Å². The molecule has 1 aliphatic carbocycles. The smallest absolute Gasteiger partial charge is 0.337 e. The molecule has 7 nitrogen and oxygen atoms in total. The second-order valence-corrected chi connectivity index (χ2v) is 9.66. The molecule has 1 aromatic carbocycles. The van der Waals surface area contributed by atoms with Gasteiger partial charge < -0.3 is 9.64 Å². The third-order valence-electron chi connectivity index (χ3n) is 5.94. The molecule has 0 radical (unpaired) electrons. The third-order valence-corrected chi connectivity index (χ3v) is 5.94. The van der Waals surface area contributed by atoms with E-state index in [1.165, 1.54) is 19.2 Å². The quantitative estimate of drug-likeness (QED) is 0.527. The van der Waals surface area contributed by atoms with Crippen LogP contribution in [0.2, 0.25) is 0 Å². The monoisotopic (exact) mass is 428 g/mol. The maximum atomic E-state index is 13.4. The highest BCUT2D eigenvalue weighted by Gasteiger charge is 2.46. The van der Waals surface area contributed by atoms with Crippen molar-refractivity contribution in [3.63, 3.8) is 0 Å². The van der Waals surface area contributed by atoms with Crippen molar-refractivity contribution in [3.8, 4) is 0 Å². The van der Waals surface area contributed by atoms with Gasteiger partial charge in [-0.15, -0.1) is 0 Å². The first-order valence-corrected chi connectivity index (χ1v) is 11.0. The number of ether oxygens (including phenoxy) is 1. The molecule has 0 N–H and O–H groups in total. The standard InChI is InChI=1S/C24H32N2O5/c1-24(2,3)15-21(28)25(17-8-6-5-7-9-17)19-14-20(27)26(22(19)29)18-12-10-16(11-13-18)23(30)31-4/h10-13,17,19H,5-9,14-15H2,1-4H3. The van der Waals surface area contributed by atoms with Gasteiger partial charge in [-0.3, -0.25) is 14.4 Å². The highest BCUT2D eigenvalue weighted by Crippen LogP contribution is 2.33. The van der Waals surface area contributed by atoms with E-state index >= 15 is 0 Å². The molecule has 1 atom stereocenters. The topological polar surface area (TPSA) is 84.0 Å². The summed E-state index contributed by atoms with van der Waals surface area (Å²) in [5.74, 6) is -1.25. The summed E-state index contributed by atoms with van der Waals surface area (Å²) in [5, 5.41) is 0. The second kappa shape index (κ2) is 9.20. The fraction of sp³-hybridized carbons (Fsp3) is 0.583. The summed E-state index contributed by atoms with van der Waals surface area (Å²) >= 11 is 0. The van der Waals surface area contributed by atoms with Gasteiger partial charge in [0, 0.05) is 12.5 Å². The number of rotatable bonds is 5. The Morgan fingerprint density at radius 3 is 2.23 bits per heavy atom. The van der Waals surface area contributed by atoms with E-state index in [2.05, 4.69) is 0 Å². The molecule has 0 bridgehead atoms. The largest absolute Gasteiger partial charge is 0.465 e. The number of nitrogens with zero attached hydrogens (tertiary/aromatic N) is 2. The molecule has 168 valence electrons. The summed E-state index contributed by atoms with van der Waals surface area (Å²) in [6, 6.07) is 5.40. The highest BCUT2D eigenvalue weighted by atomic mass is 16.5. The van der Waals surface area contributed by atoms with Crippen LogP contribution >= 0.6 is 0 Å². The minimum Gasteiger partial charge on any atom is -0.465 e. The Morgan fingerprint density at radius 1 is 1.06 bits per heavy atom. The molecule has 1 saturated heterocycles. The van der Waals surface area contributed by atoms with Crippen LogP contribution in [0.4, 0.5) is 5.69 Å². The van der Waals surface area contributed by atoms with Gasteiger partial charge in [0.15, 0.2) is 0 Å². The molecule has 3 amide bonds. The molecular formula is C24H32N2O5. The Morgan fingerprint density at radius 2 is 1.68 bits per heavy atom. The third kappa shape index (κ3) is 5.14. The molecule has 3 rings (SSSR count). The van der Waals surface area contributed by atoms with E-state index in [0.717, 1.165) is 37.0 Å². The van der Waals surface area contributed by atoms with Crippen molar-refractivity contribution in [2.45, 2.75) is 77.8 Å². The fourth-order valence-electron chi connectivity index (χ4n) is 4.51. The molecule has 1 saturated carbocycles. The number of carbonyl (C=O) groups excluding carboxylic acids is 4. The summed E-state index contributed by atoms with van der Waals surface area (Å²) in [7, 11) is 1.29. The Labute approximate surface area is 183 Å². The molecular weight excluding hydrogens is 396 g/mol. The molecule has 0 aromatic heterocycles. The van der Waals surface area contributed by atoms with Gasteiger partial charge in [0.2, 0.25) is 11.8 Å². The van der Waals surface area contributed by atoms with Crippen LogP contribution in [0.5, 0.6) is 0 Å². The first-order valence-electron chi connectivity index (χ1n) is 11.0. The van der Waals surface area contributed by atoms with Crippen molar-refractivity contribution in [1.82, 2.24) is 4.90 Å². The molecule has 31 heavy (non-hydrogen) atoms. The van der Waals surface area contributed by atoms with Gasteiger partial charge in [-0.05, 0) is 42.5 Å². The Bertz CT molecular complexity index is 850. The number of methoxy groups -OCH3 is 1. The van der Waals surface area contributed by atoms with Crippen LogP contribution in [-0.4, -0.2) is 47.8 Å². The van der Waals surface area contributed by atoms with Crippen molar-refractivity contribution >= 4 is 29.4 Å². The van der Waals surface area contributed by atoms with E-state index in [4.69, 9.17) is 4.74 Å². The second-order valence-electron chi connectivity index (χ2n) is 9.66. The zero-order chi connectivity index (χ0) is 22.8. The molecule has 1 aromatic rings. The van der Waals surface area contributed by atoms with Crippen molar-refractivity contribution in [2.24, 2.45) is 5.41 Å². The molecule has 1 aliphatic heterocycles. The number of benzene rings is 1. The number of hydrogen-bond donors (Lipinski definition) is 0. The molecule has 1 unspecified atom stereocenters. The van der Waals surface area contributed by atoms with Gasteiger partial charge in [0.1, 0.15) is 6.04 Å². The van der Waals surface area contributed by atoms with Crippen molar-refractivity contribution in [2.75, 3.05) is 12.0 Å². The average Bonchev–Trinajstić information content (AvgIpc) is 3.01. The number of anilines is 1. The van der Waals surface area contributed by atoms with E-state index in [1.807, 2.05) is 20.8 Å². The van der Waals surface area contributed by atoms with Crippen LogP contribution in [0.3, 0.4) is 0 Å². The fourth-order valence-corrected chi connectivity index (χ4v) is 4.51. The zero-order valence-corrected chi connectivity index (χ0v) is 18.8. The van der Waals surface area contributed by atoms with Gasteiger partial charge in [-0.25, -0.2) is 9.69 Å². The zero-order valence-electron chi connectivity index (χ0n) is 18.8. The first kappa shape index (κ1) is 23.0. The molecule has 1 heterocycles. The van der Waals surface area contributed by atoms with Crippen LogP contribution in [0, 0.1) is 5.41 Å². The van der Waals surface area contributed by atoms with Crippen LogP contribution in [0.1, 0.15) is 76.1 Å². The Balaban J connectivity index is 1.87. The molecule has 2 fully saturated rings. The lowest BCUT2D eigenvalue weighted by molar-refractivity contribution is -0.143. The summed E-state index contributed by atoms with van der Waals surface area (Å²) in [6.45, 7) is 6.00. The molecule has 7 heteroatoms. The lowest BCUT2D eigenvalue weighted by Crippen LogP contribution is -2.52. The van der Waals surface area contributed by atoms with Crippen molar-refractivity contribution < 1.29 is 23.9 Å². The van der Waals surface area contributed by atoms with Crippen LogP contribution in [-0.2, 0) is 19.1 Å². The lowest BCUT2D eigenvalue weighted by Gasteiger charge is -2.38. The highest BCUT2D eigenvalue weighted by molar-refractivity contribution is 6.23. The maximum Gasteiger partial charge on any atom is 0.337 e.